The van der Waals surface area contributed by atoms with Crippen molar-refractivity contribution < 1.29 is 9.53 Å². The number of amides is 2. The van der Waals surface area contributed by atoms with E-state index in [2.05, 4.69) is 48.4 Å². The smallest absolute Gasteiger partial charge is 0.319 e. The van der Waals surface area contributed by atoms with E-state index < -0.39 is 0 Å². The second kappa shape index (κ2) is 8.84. The van der Waals surface area contributed by atoms with Crippen molar-refractivity contribution in [1.82, 2.24) is 10.2 Å². The zero-order valence-corrected chi connectivity index (χ0v) is 17.7. The van der Waals surface area contributed by atoms with Crippen LogP contribution in [-0.4, -0.2) is 60.8 Å². The predicted molar refractivity (Wildman–Crippen MR) is 114 cm³/mol. The van der Waals surface area contributed by atoms with Crippen molar-refractivity contribution in [2.45, 2.75) is 44.6 Å². The Labute approximate surface area is 167 Å². The Hall–Kier alpha value is -1.24. The normalized spacial score (nSPS) is 20.9. The second-order valence-electron chi connectivity index (χ2n) is 8.57. The van der Waals surface area contributed by atoms with Crippen molar-refractivity contribution in [3.63, 3.8) is 0 Å². The third-order valence-corrected chi connectivity index (χ3v) is 6.63. The topological polar surface area (TPSA) is 53.6 Å². The van der Waals surface area contributed by atoms with Crippen LogP contribution >= 0.6 is 11.8 Å². The van der Waals surface area contributed by atoms with Gasteiger partial charge in [0.1, 0.15) is 0 Å². The first-order chi connectivity index (χ1) is 12.9. The van der Waals surface area contributed by atoms with Crippen molar-refractivity contribution in [2.24, 2.45) is 0 Å². The summed E-state index contributed by atoms with van der Waals surface area (Å²) in [5.74, 6) is 2.35. The fourth-order valence-electron chi connectivity index (χ4n) is 3.87. The molecule has 3 rings (SSSR count). The number of carbonyl (C=O) groups excluding carboxylic acids is 1. The molecule has 1 aromatic rings. The summed E-state index contributed by atoms with van der Waals surface area (Å²) in [4.78, 5) is 15.1. The largest absolute Gasteiger partial charge is 0.381 e. The van der Waals surface area contributed by atoms with Gasteiger partial charge < -0.3 is 15.4 Å². The van der Waals surface area contributed by atoms with E-state index in [1.807, 2.05) is 23.9 Å². The lowest BCUT2D eigenvalue weighted by molar-refractivity contribution is -0.0228. The summed E-state index contributed by atoms with van der Waals surface area (Å²) in [5.41, 5.74) is 2.24. The standard InChI is InChI=1S/C21H33N3O2S/c1-20(2,3)17-4-6-18(7-5-17)23-19(25)22-16-21(8-12-26-13-9-21)24-10-14-27-15-11-24/h4-7H,8-16H2,1-3H3,(H2,22,23,25). The van der Waals surface area contributed by atoms with Crippen LogP contribution in [0.15, 0.2) is 24.3 Å². The van der Waals surface area contributed by atoms with E-state index in [9.17, 15) is 4.79 Å². The number of hydrogen-bond acceptors (Lipinski definition) is 4. The maximum absolute atomic E-state index is 12.5. The number of urea groups is 1. The molecule has 2 heterocycles. The summed E-state index contributed by atoms with van der Waals surface area (Å²) in [6.45, 7) is 11.0. The average molecular weight is 392 g/mol. The molecule has 2 N–H and O–H groups in total. The van der Waals surface area contributed by atoms with Gasteiger partial charge in [0.15, 0.2) is 0 Å². The van der Waals surface area contributed by atoms with E-state index >= 15 is 0 Å². The quantitative estimate of drug-likeness (QED) is 0.822. The van der Waals surface area contributed by atoms with Gasteiger partial charge in [-0.05, 0) is 36.0 Å². The van der Waals surface area contributed by atoms with E-state index in [-0.39, 0.29) is 17.0 Å². The Morgan fingerprint density at radius 3 is 2.37 bits per heavy atom. The third kappa shape index (κ3) is 5.39. The first-order valence-electron chi connectivity index (χ1n) is 9.95. The molecular weight excluding hydrogens is 358 g/mol. The molecule has 0 spiro atoms. The number of carbonyl (C=O) groups is 1. The van der Waals surface area contributed by atoms with Gasteiger partial charge >= 0.3 is 6.03 Å². The number of anilines is 1. The van der Waals surface area contributed by atoms with Crippen molar-refractivity contribution in [3.8, 4) is 0 Å². The molecule has 0 radical (unpaired) electrons. The molecule has 6 heteroatoms. The summed E-state index contributed by atoms with van der Waals surface area (Å²) >= 11 is 2.02. The molecule has 2 fully saturated rings. The van der Waals surface area contributed by atoms with Crippen LogP contribution in [0, 0.1) is 0 Å². The van der Waals surface area contributed by atoms with Crippen LogP contribution in [0.3, 0.4) is 0 Å². The molecule has 2 aliphatic heterocycles. The van der Waals surface area contributed by atoms with Gasteiger partial charge in [0.05, 0.1) is 0 Å². The maximum atomic E-state index is 12.5. The third-order valence-electron chi connectivity index (χ3n) is 5.69. The van der Waals surface area contributed by atoms with E-state index in [0.717, 1.165) is 44.8 Å². The van der Waals surface area contributed by atoms with Gasteiger partial charge in [-0.25, -0.2) is 4.79 Å². The Balaban J connectivity index is 1.57. The zero-order chi connectivity index (χ0) is 19.3. The number of benzene rings is 1. The van der Waals surface area contributed by atoms with Gasteiger partial charge in [-0.1, -0.05) is 32.9 Å². The molecule has 0 aromatic heterocycles. The van der Waals surface area contributed by atoms with Gasteiger partial charge in [0, 0.05) is 55.6 Å². The maximum Gasteiger partial charge on any atom is 0.319 e. The van der Waals surface area contributed by atoms with Crippen LogP contribution in [0.25, 0.3) is 0 Å². The fraction of sp³-hybridized carbons (Fsp3) is 0.667. The van der Waals surface area contributed by atoms with Crippen LogP contribution in [0.4, 0.5) is 10.5 Å². The highest BCUT2D eigenvalue weighted by Crippen LogP contribution is 2.30. The molecule has 2 aliphatic rings. The van der Waals surface area contributed by atoms with Crippen molar-refractivity contribution in [2.75, 3.05) is 49.7 Å². The molecule has 150 valence electrons. The SMILES string of the molecule is CC(C)(C)c1ccc(NC(=O)NCC2(N3CCSCC3)CCOCC2)cc1. The molecule has 1 aromatic carbocycles. The van der Waals surface area contributed by atoms with Crippen LogP contribution in [-0.2, 0) is 10.2 Å². The Kier molecular flexibility index (Phi) is 6.71. The summed E-state index contributed by atoms with van der Waals surface area (Å²) in [5, 5.41) is 6.11. The monoisotopic (exact) mass is 391 g/mol. The van der Waals surface area contributed by atoms with Gasteiger partial charge in [-0.15, -0.1) is 0 Å². The number of nitrogens with zero attached hydrogens (tertiary/aromatic N) is 1. The molecule has 2 saturated heterocycles. The van der Waals surface area contributed by atoms with Crippen molar-refractivity contribution in [1.29, 1.82) is 0 Å². The Morgan fingerprint density at radius 1 is 1.15 bits per heavy atom. The summed E-state index contributed by atoms with van der Waals surface area (Å²) in [7, 11) is 0. The summed E-state index contributed by atoms with van der Waals surface area (Å²) < 4.78 is 5.60. The van der Waals surface area contributed by atoms with E-state index in [1.165, 1.54) is 17.1 Å². The number of rotatable bonds is 4. The fourth-order valence-corrected chi connectivity index (χ4v) is 4.77. The molecule has 0 bridgehead atoms. The summed E-state index contributed by atoms with van der Waals surface area (Å²) in [6, 6.07) is 8.00. The summed E-state index contributed by atoms with van der Waals surface area (Å²) in [6.07, 6.45) is 1.97. The highest BCUT2D eigenvalue weighted by molar-refractivity contribution is 7.99. The van der Waals surface area contributed by atoms with Crippen molar-refractivity contribution >= 4 is 23.5 Å². The number of nitrogens with one attached hydrogen (secondary N) is 2. The molecule has 0 unspecified atom stereocenters. The molecule has 0 saturated carbocycles. The lowest BCUT2D eigenvalue weighted by Gasteiger charge is -2.47. The number of hydrogen-bond donors (Lipinski definition) is 2. The van der Waals surface area contributed by atoms with Gasteiger partial charge in [-0.3, -0.25) is 4.90 Å². The van der Waals surface area contributed by atoms with E-state index in [4.69, 9.17) is 4.74 Å². The van der Waals surface area contributed by atoms with E-state index in [1.54, 1.807) is 0 Å². The highest BCUT2D eigenvalue weighted by atomic mass is 32.2. The molecule has 5 nitrogen and oxygen atoms in total. The van der Waals surface area contributed by atoms with Gasteiger partial charge in [-0.2, -0.15) is 11.8 Å². The molecular formula is C21H33N3O2S. The predicted octanol–water partition coefficient (Wildman–Crippen LogP) is 3.70. The lowest BCUT2D eigenvalue weighted by Crippen LogP contribution is -2.60. The minimum atomic E-state index is -0.129. The number of thioether (sulfide) groups is 1. The molecule has 0 aliphatic carbocycles. The first kappa shape index (κ1) is 20.5. The van der Waals surface area contributed by atoms with Gasteiger partial charge in [0.2, 0.25) is 0 Å². The first-order valence-corrected chi connectivity index (χ1v) is 11.1. The van der Waals surface area contributed by atoms with E-state index in [0.29, 0.717) is 6.54 Å². The second-order valence-corrected chi connectivity index (χ2v) is 9.80. The minimum Gasteiger partial charge on any atom is -0.381 e. The van der Waals surface area contributed by atoms with Crippen LogP contribution in [0.5, 0.6) is 0 Å². The van der Waals surface area contributed by atoms with Crippen molar-refractivity contribution in [3.05, 3.63) is 29.8 Å². The van der Waals surface area contributed by atoms with Crippen LogP contribution in [0.1, 0.15) is 39.2 Å². The average Bonchev–Trinajstić information content (AvgIpc) is 2.68. The zero-order valence-electron chi connectivity index (χ0n) is 16.8. The highest BCUT2D eigenvalue weighted by Gasteiger charge is 2.39. The molecule has 2 amide bonds. The van der Waals surface area contributed by atoms with Crippen LogP contribution < -0.4 is 10.6 Å². The Morgan fingerprint density at radius 2 is 1.78 bits per heavy atom. The number of ether oxygens (including phenoxy) is 1. The van der Waals surface area contributed by atoms with Gasteiger partial charge in [0.25, 0.3) is 0 Å². The lowest BCUT2D eigenvalue weighted by atomic mass is 9.87. The molecule has 27 heavy (non-hydrogen) atoms. The Bertz CT molecular complexity index is 615. The molecule has 0 atom stereocenters. The minimum absolute atomic E-state index is 0.0344. The van der Waals surface area contributed by atoms with Crippen LogP contribution in [0.2, 0.25) is 0 Å².